The molecule has 1 aromatic carbocycles. The van der Waals surface area contributed by atoms with E-state index in [0.717, 1.165) is 13.1 Å². The molecule has 3 nitrogen and oxygen atoms in total. The first-order chi connectivity index (χ1) is 9.20. The summed E-state index contributed by atoms with van der Waals surface area (Å²) in [5.41, 5.74) is 2.84. The van der Waals surface area contributed by atoms with Crippen molar-refractivity contribution >= 4 is 5.97 Å². The highest BCUT2D eigenvalue weighted by molar-refractivity contribution is 5.71. The molecule has 1 aromatic rings. The Labute approximate surface area is 114 Å². The van der Waals surface area contributed by atoms with Crippen LogP contribution in [0.3, 0.4) is 0 Å². The zero-order chi connectivity index (χ0) is 13.4. The van der Waals surface area contributed by atoms with Crippen LogP contribution in [0.15, 0.2) is 24.3 Å². The van der Waals surface area contributed by atoms with Gasteiger partial charge >= 0.3 is 5.97 Å². The van der Waals surface area contributed by atoms with E-state index in [1.54, 1.807) is 0 Å². The van der Waals surface area contributed by atoms with Crippen LogP contribution in [0.1, 0.15) is 35.8 Å². The molecule has 2 aliphatic rings. The van der Waals surface area contributed by atoms with Crippen molar-refractivity contribution in [3.63, 3.8) is 0 Å². The average Bonchev–Trinajstić information content (AvgIpc) is 2.73. The van der Waals surface area contributed by atoms with Crippen molar-refractivity contribution < 1.29 is 9.53 Å². The maximum atomic E-state index is 11.7. The van der Waals surface area contributed by atoms with Gasteiger partial charge in [0.05, 0.1) is 13.5 Å². The van der Waals surface area contributed by atoms with Gasteiger partial charge in [0, 0.05) is 6.54 Å². The monoisotopic (exact) mass is 259 g/mol. The first-order valence-electron chi connectivity index (χ1n) is 7.05. The molecule has 1 aliphatic heterocycles. The molecule has 1 saturated heterocycles. The second-order valence-electron chi connectivity index (χ2n) is 5.84. The van der Waals surface area contributed by atoms with E-state index in [9.17, 15) is 4.79 Å². The molecule has 1 aliphatic carbocycles. The summed E-state index contributed by atoms with van der Waals surface area (Å²) in [5, 5.41) is 0. The van der Waals surface area contributed by atoms with Gasteiger partial charge in [-0.2, -0.15) is 0 Å². The van der Waals surface area contributed by atoms with E-state index in [0.29, 0.717) is 24.2 Å². The van der Waals surface area contributed by atoms with Crippen molar-refractivity contribution in [3.8, 4) is 0 Å². The number of hydrogen-bond donors (Lipinski definition) is 0. The fraction of sp³-hybridized carbons (Fsp3) is 0.562. The lowest BCUT2D eigenvalue weighted by Gasteiger charge is -2.35. The normalized spacial score (nSPS) is 29.7. The zero-order valence-corrected chi connectivity index (χ0v) is 11.6. The molecule has 3 heteroatoms. The Morgan fingerprint density at radius 3 is 2.84 bits per heavy atom. The van der Waals surface area contributed by atoms with Crippen LogP contribution in [0, 0.1) is 5.92 Å². The first kappa shape index (κ1) is 12.7. The third-order valence-electron chi connectivity index (χ3n) is 4.79. The van der Waals surface area contributed by atoms with Crippen molar-refractivity contribution in [3.05, 3.63) is 35.4 Å². The van der Waals surface area contributed by atoms with Gasteiger partial charge in [0.1, 0.15) is 0 Å². The Bertz CT molecular complexity index is 485. The number of ether oxygens (including phenoxy) is 1. The van der Waals surface area contributed by atoms with Crippen molar-refractivity contribution in [2.45, 2.75) is 24.7 Å². The quantitative estimate of drug-likeness (QED) is 0.764. The third-order valence-corrected chi connectivity index (χ3v) is 4.79. The number of carbonyl (C=O) groups is 1. The summed E-state index contributed by atoms with van der Waals surface area (Å²) in [6, 6.07) is 8.65. The number of esters is 1. The second kappa shape index (κ2) is 4.97. The van der Waals surface area contributed by atoms with Gasteiger partial charge < -0.3 is 9.64 Å². The molecule has 0 saturated carbocycles. The number of likely N-dealkylation sites (tertiary alicyclic amines) is 1. The minimum absolute atomic E-state index is 0.0892. The number of nitrogens with zero attached hydrogens (tertiary/aromatic N) is 1. The lowest BCUT2D eigenvalue weighted by atomic mass is 9.80. The standard InChI is InChI=1S/C16H21NO2/c1-17-8-7-13-11-5-3-4-6-12(11)14(15(13)10-17)9-16(18)19-2/h3-6,13-15H,7-10H2,1-2H3/t13-,14?,15-/m0/s1. The molecule has 0 spiro atoms. The Hall–Kier alpha value is -1.35. The molecule has 1 fully saturated rings. The molecule has 1 heterocycles. The van der Waals surface area contributed by atoms with E-state index in [4.69, 9.17) is 4.74 Å². The van der Waals surface area contributed by atoms with Crippen LogP contribution in [0.4, 0.5) is 0 Å². The van der Waals surface area contributed by atoms with Gasteiger partial charge in [-0.05, 0) is 48.9 Å². The molecule has 0 bridgehead atoms. The molecular weight excluding hydrogens is 238 g/mol. The number of methoxy groups -OCH3 is 1. The summed E-state index contributed by atoms with van der Waals surface area (Å²) in [7, 11) is 3.65. The Balaban J connectivity index is 1.94. The molecule has 3 atom stereocenters. The van der Waals surface area contributed by atoms with Crippen LogP contribution in [0.5, 0.6) is 0 Å². The molecular formula is C16H21NO2. The first-order valence-corrected chi connectivity index (χ1v) is 7.05. The van der Waals surface area contributed by atoms with Gasteiger partial charge in [-0.1, -0.05) is 24.3 Å². The highest BCUT2D eigenvalue weighted by Gasteiger charge is 2.43. The summed E-state index contributed by atoms with van der Waals surface area (Å²) in [6.07, 6.45) is 1.72. The third kappa shape index (κ3) is 2.16. The van der Waals surface area contributed by atoms with E-state index in [-0.39, 0.29) is 5.97 Å². The molecule has 3 rings (SSSR count). The molecule has 19 heavy (non-hydrogen) atoms. The molecule has 0 N–H and O–H groups in total. The zero-order valence-electron chi connectivity index (χ0n) is 11.6. The Morgan fingerprint density at radius 1 is 1.37 bits per heavy atom. The van der Waals surface area contributed by atoms with Crippen LogP contribution >= 0.6 is 0 Å². The van der Waals surface area contributed by atoms with Crippen molar-refractivity contribution in [2.24, 2.45) is 5.92 Å². The van der Waals surface area contributed by atoms with Gasteiger partial charge in [-0.15, -0.1) is 0 Å². The number of rotatable bonds is 2. The highest BCUT2D eigenvalue weighted by atomic mass is 16.5. The fourth-order valence-electron chi connectivity index (χ4n) is 3.89. The number of piperidine rings is 1. The second-order valence-corrected chi connectivity index (χ2v) is 5.84. The van der Waals surface area contributed by atoms with Crippen LogP contribution < -0.4 is 0 Å². The van der Waals surface area contributed by atoms with E-state index in [1.807, 2.05) is 0 Å². The number of hydrogen-bond acceptors (Lipinski definition) is 3. The number of fused-ring (bicyclic) bond motifs is 3. The maximum Gasteiger partial charge on any atom is 0.306 e. The van der Waals surface area contributed by atoms with Crippen LogP contribution in [-0.4, -0.2) is 38.1 Å². The summed E-state index contributed by atoms with van der Waals surface area (Å²) >= 11 is 0. The lowest BCUT2D eigenvalue weighted by Crippen LogP contribution is -2.37. The molecule has 1 unspecified atom stereocenters. The highest BCUT2D eigenvalue weighted by Crippen LogP contribution is 2.51. The predicted molar refractivity (Wildman–Crippen MR) is 74.2 cm³/mol. The Morgan fingerprint density at radius 2 is 2.11 bits per heavy atom. The van der Waals surface area contributed by atoms with E-state index in [1.165, 1.54) is 24.7 Å². The van der Waals surface area contributed by atoms with Crippen molar-refractivity contribution in [1.82, 2.24) is 4.90 Å². The van der Waals surface area contributed by atoms with Gasteiger partial charge in [0.15, 0.2) is 0 Å². The fourth-order valence-corrected chi connectivity index (χ4v) is 3.89. The molecule has 0 aromatic heterocycles. The predicted octanol–water partition coefficient (Wildman–Crippen LogP) is 2.38. The summed E-state index contributed by atoms with van der Waals surface area (Å²) in [4.78, 5) is 14.1. The van der Waals surface area contributed by atoms with E-state index >= 15 is 0 Å². The van der Waals surface area contributed by atoms with Gasteiger partial charge in [-0.3, -0.25) is 4.79 Å². The average molecular weight is 259 g/mol. The number of benzene rings is 1. The van der Waals surface area contributed by atoms with Gasteiger partial charge in [-0.25, -0.2) is 0 Å². The van der Waals surface area contributed by atoms with E-state index < -0.39 is 0 Å². The van der Waals surface area contributed by atoms with Crippen LogP contribution in [-0.2, 0) is 9.53 Å². The summed E-state index contributed by atoms with van der Waals surface area (Å²) in [6.45, 7) is 2.24. The Kier molecular flexibility index (Phi) is 3.31. The summed E-state index contributed by atoms with van der Waals surface area (Å²) < 4.78 is 4.88. The largest absolute Gasteiger partial charge is 0.469 e. The van der Waals surface area contributed by atoms with Gasteiger partial charge in [0.25, 0.3) is 0 Å². The smallest absolute Gasteiger partial charge is 0.306 e. The SMILES string of the molecule is COC(=O)CC1c2ccccc2[C@@H]2CCN(C)C[C@H]12. The lowest BCUT2D eigenvalue weighted by molar-refractivity contribution is -0.141. The van der Waals surface area contributed by atoms with Crippen LogP contribution in [0.2, 0.25) is 0 Å². The topological polar surface area (TPSA) is 29.5 Å². The minimum atomic E-state index is -0.0892. The van der Waals surface area contributed by atoms with E-state index in [2.05, 4.69) is 36.2 Å². The van der Waals surface area contributed by atoms with Crippen LogP contribution in [0.25, 0.3) is 0 Å². The summed E-state index contributed by atoms with van der Waals surface area (Å²) in [5.74, 6) is 1.43. The van der Waals surface area contributed by atoms with Gasteiger partial charge in [0.2, 0.25) is 0 Å². The molecule has 102 valence electrons. The molecule has 0 amide bonds. The maximum absolute atomic E-state index is 11.7. The molecule has 0 radical (unpaired) electrons. The number of carbonyl (C=O) groups excluding carboxylic acids is 1. The van der Waals surface area contributed by atoms with Crippen molar-refractivity contribution in [2.75, 3.05) is 27.2 Å². The van der Waals surface area contributed by atoms with Crippen molar-refractivity contribution in [1.29, 1.82) is 0 Å². The minimum Gasteiger partial charge on any atom is -0.469 e.